The fraction of sp³-hybridized carbons (Fsp3) is 0.188. The van der Waals surface area contributed by atoms with Crippen LogP contribution in [0.1, 0.15) is 17.3 Å². The molecule has 2 rings (SSSR count). The van der Waals surface area contributed by atoms with E-state index in [1.54, 1.807) is 5.38 Å². The Morgan fingerprint density at radius 2 is 1.92 bits per heavy atom. The largest absolute Gasteiger partial charge is 0.479 e. The molecule has 0 saturated heterocycles. The van der Waals surface area contributed by atoms with Crippen molar-refractivity contribution in [2.75, 3.05) is 11.9 Å². The smallest absolute Gasteiger partial charge is 0.347 e. The Kier molecular flexibility index (Phi) is 6.07. The molecule has 0 aliphatic heterocycles. The van der Waals surface area contributed by atoms with E-state index >= 15 is 0 Å². The molecule has 0 bridgehead atoms. The molecule has 0 aliphatic rings. The van der Waals surface area contributed by atoms with Gasteiger partial charge < -0.3 is 20.5 Å². The Morgan fingerprint density at radius 3 is 2.56 bits per heavy atom. The number of carbonyl (C=O) groups excluding carboxylic acids is 3. The van der Waals surface area contributed by atoms with Gasteiger partial charge in [-0.25, -0.2) is 9.18 Å². The van der Waals surface area contributed by atoms with E-state index in [-0.39, 0.29) is 10.6 Å². The van der Waals surface area contributed by atoms with Crippen molar-refractivity contribution >= 4 is 34.1 Å². The van der Waals surface area contributed by atoms with Crippen molar-refractivity contribution in [1.82, 2.24) is 0 Å². The first-order chi connectivity index (χ1) is 11.9. The third kappa shape index (κ3) is 5.28. The average molecular weight is 366 g/mol. The van der Waals surface area contributed by atoms with Crippen LogP contribution in [0, 0.1) is 5.82 Å². The van der Waals surface area contributed by atoms with Crippen molar-refractivity contribution in [3.8, 4) is 5.75 Å². The van der Waals surface area contributed by atoms with Crippen LogP contribution in [0.5, 0.6) is 5.75 Å². The predicted molar refractivity (Wildman–Crippen MR) is 88.9 cm³/mol. The van der Waals surface area contributed by atoms with E-state index in [4.69, 9.17) is 15.2 Å². The van der Waals surface area contributed by atoms with Crippen LogP contribution in [0.25, 0.3) is 0 Å². The number of esters is 1. The summed E-state index contributed by atoms with van der Waals surface area (Å²) >= 11 is 1.12. The highest BCUT2D eigenvalue weighted by Crippen LogP contribution is 2.22. The van der Waals surface area contributed by atoms with Crippen LogP contribution in [0.2, 0.25) is 0 Å². The molecule has 1 heterocycles. The van der Waals surface area contributed by atoms with Gasteiger partial charge >= 0.3 is 5.97 Å². The third-order valence-corrected chi connectivity index (χ3v) is 3.82. The topological polar surface area (TPSA) is 108 Å². The lowest BCUT2D eigenvalue weighted by atomic mass is 10.3. The van der Waals surface area contributed by atoms with Crippen LogP contribution in [0.4, 0.5) is 9.39 Å². The summed E-state index contributed by atoms with van der Waals surface area (Å²) in [5.41, 5.74) is 5.35. The third-order valence-electron chi connectivity index (χ3n) is 2.99. The van der Waals surface area contributed by atoms with E-state index in [0.29, 0.717) is 5.75 Å². The molecule has 25 heavy (non-hydrogen) atoms. The molecule has 1 atom stereocenters. The lowest BCUT2D eigenvalue weighted by Gasteiger charge is -2.13. The predicted octanol–water partition coefficient (Wildman–Crippen LogP) is 1.94. The Bertz CT molecular complexity index is 775. The van der Waals surface area contributed by atoms with Gasteiger partial charge in [0.05, 0.1) is 5.56 Å². The highest BCUT2D eigenvalue weighted by atomic mass is 32.1. The maximum absolute atomic E-state index is 12.8. The van der Waals surface area contributed by atoms with Gasteiger partial charge in [0.2, 0.25) is 0 Å². The molecule has 3 N–H and O–H groups in total. The molecule has 1 aromatic carbocycles. The molecule has 0 unspecified atom stereocenters. The minimum atomic E-state index is -0.985. The SMILES string of the molecule is C[C@H](Oc1ccc(F)cc1)C(=O)OCC(=O)Nc1sccc1C(N)=O. The maximum atomic E-state index is 12.8. The first kappa shape index (κ1) is 18.4. The van der Waals surface area contributed by atoms with Gasteiger partial charge in [-0.3, -0.25) is 9.59 Å². The van der Waals surface area contributed by atoms with E-state index < -0.39 is 36.3 Å². The number of ether oxygens (including phenoxy) is 2. The number of carbonyl (C=O) groups is 3. The molecular weight excluding hydrogens is 351 g/mol. The highest BCUT2D eigenvalue weighted by molar-refractivity contribution is 7.14. The molecule has 0 fully saturated rings. The van der Waals surface area contributed by atoms with Gasteiger partial charge in [-0.15, -0.1) is 11.3 Å². The van der Waals surface area contributed by atoms with Crippen molar-refractivity contribution < 1.29 is 28.2 Å². The average Bonchev–Trinajstić information content (AvgIpc) is 3.03. The van der Waals surface area contributed by atoms with Crippen LogP contribution in [-0.2, 0) is 14.3 Å². The summed E-state index contributed by atoms with van der Waals surface area (Å²) in [6.07, 6.45) is -0.985. The fourth-order valence-corrected chi connectivity index (χ4v) is 2.59. The zero-order valence-electron chi connectivity index (χ0n) is 13.2. The van der Waals surface area contributed by atoms with Gasteiger partial charge in [0.25, 0.3) is 11.8 Å². The van der Waals surface area contributed by atoms with Crippen LogP contribution < -0.4 is 15.8 Å². The van der Waals surface area contributed by atoms with E-state index in [0.717, 1.165) is 11.3 Å². The molecule has 0 aliphatic carbocycles. The number of hydrogen-bond acceptors (Lipinski definition) is 6. The monoisotopic (exact) mass is 366 g/mol. The molecule has 1 aromatic heterocycles. The number of hydrogen-bond donors (Lipinski definition) is 2. The van der Waals surface area contributed by atoms with E-state index in [2.05, 4.69) is 5.32 Å². The van der Waals surface area contributed by atoms with Crippen molar-refractivity contribution in [3.05, 3.63) is 47.1 Å². The summed E-state index contributed by atoms with van der Waals surface area (Å²) in [4.78, 5) is 34.8. The molecule has 0 radical (unpaired) electrons. The summed E-state index contributed by atoms with van der Waals surface area (Å²) in [5.74, 6) is -2.19. The number of nitrogens with one attached hydrogen (secondary N) is 1. The molecule has 132 valence electrons. The lowest BCUT2D eigenvalue weighted by Crippen LogP contribution is -2.30. The van der Waals surface area contributed by atoms with E-state index in [1.165, 1.54) is 37.3 Å². The van der Waals surface area contributed by atoms with E-state index in [9.17, 15) is 18.8 Å². The first-order valence-electron chi connectivity index (χ1n) is 7.13. The highest BCUT2D eigenvalue weighted by Gasteiger charge is 2.19. The second-order valence-corrected chi connectivity index (χ2v) is 5.81. The van der Waals surface area contributed by atoms with E-state index in [1.807, 2.05) is 0 Å². The summed E-state index contributed by atoms with van der Waals surface area (Å²) in [6.45, 7) is 0.889. The number of halogens is 1. The number of amides is 2. The maximum Gasteiger partial charge on any atom is 0.347 e. The summed E-state index contributed by atoms with van der Waals surface area (Å²) in [6, 6.07) is 6.60. The van der Waals surface area contributed by atoms with Crippen LogP contribution >= 0.6 is 11.3 Å². The minimum Gasteiger partial charge on any atom is -0.479 e. The Hall–Kier alpha value is -2.94. The molecule has 7 nitrogen and oxygen atoms in total. The quantitative estimate of drug-likeness (QED) is 0.728. The second-order valence-electron chi connectivity index (χ2n) is 4.90. The Morgan fingerprint density at radius 1 is 1.24 bits per heavy atom. The molecular formula is C16H15FN2O5S. The van der Waals surface area contributed by atoms with Crippen LogP contribution in [0.15, 0.2) is 35.7 Å². The van der Waals surface area contributed by atoms with Crippen LogP contribution in [0.3, 0.4) is 0 Å². The van der Waals surface area contributed by atoms with Crippen molar-refractivity contribution in [3.63, 3.8) is 0 Å². The summed E-state index contributed by atoms with van der Waals surface area (Å²) in [7, 11) is 0. The van der Waals surface area contributed by atoms with Crippen molar-refractivity contribution in [1.29, 1.82) is 0 Å². The summed E-state index contributed by atoms with van der Waals surface area (Å²) < 4.78 is 22.9. The molecule has 0 saturated carbocycles. The van der Waals surface area contributed by atoms with Gasteiger partial charge in [-0.1, -0.05) is 0 Å². The van der Waals surface area contributed by atoms with Gasteiger partial charge in [0, 0.05) is 0 Å². The van der Waals surface area contributed by atoms with Gasteiger partial charge in [-0.05, 0) is 42.6 Å². The zero-order chi connectivity index (χ0) is 18.4. The molecule has 2 aromatic rings. The van der Waals surface area contributed by atoms with Gasteiger partial charge in [0.1, 0.15) is 16.6 Å². The number of thiophene rings is 1. The second kappa shape index (κ2) is 8.25. The number of rotatable bonds is 7. The van der Waals surface area contributed by atoms with Crippen molar-refractivity contribution in [2.24, 2.45) is 5.73 Å². The number of anilines is 1. The summed E-state index contributed by atoms with van der Waals surface area (Å²) in [5, 5.41) is 4.32. The number of benzene rings is 1. The molecule has 9 heteroatoms. The van der Waals surface area contributed by atoms with Crippen LogP contribution in [-0.4, -0.2) is 30.5 Å². The minimum absolute atomic E-state index is 0.178. The standard InChI is InChI=1S/C16H15FN2O5S/c1-9(24-11-4-2-10(17)3-5-11)16(22)23-8-13(20)19-15-12(14(18)21)6-7-25-15/h2-7,9H,8H2,1H3,(H2,18,21)(H,19,20)/t9-/m0/s1. The Balaban J connectivity index is 1.82. The lowest BCUT2D eigenvalue weighted by molar-refractivity contribution is -0.153. The molecule has 2 amide bonds. The van der Waals surface area contributed by atoms with Crippen molar-refractivity contribution in [2.45, 2.75) is 13.0 Å². The zero-order valence-corrected chi connectivity index (χ0v) is 14.0. The van der Waals surface area contributed by atoms with Gasteiger partial charge in [-0.2, -0.15) is 0 Å². The number of nitrogens with two attached hydrogens (primary N) is 1. The van der Waals surface area contributed by atoms with Gasteiger partial charge in [0.15, 0.2) is 12.7 Å². The molecule has 0 spiro atoms. The first-order valence-corrected chi connectivity index (χ1v) is 8.01. The Labute approximate surface area is 146 Å². The normalized spacial score (nSPS) is 11.4. The fourth-order valence-electron chi connectivity index (χ4n) is 1.78. The number of primary amides is 1.